The molecule has 2 heterocycles. The zero-order chi connectivity index (χ0) is 23.4. The van der Waals surface area contributed by atoms with Crippen LogP contribution in [0.15, 0.2) is 47.5 Å². The summed E-state index contributed by atoms with van der Waals surface area (Å²) in [4.78, 5) is 19.9. The van der Waals surface area contributed by atoms with Gasteiger partial charge < -0.3 is 20.1 Å². The molecule has 3 unspecified atom stereocenters. The highest BCUT2D eigenvalue weighted by atomic mass is 35.5. The van der Waals surface area contributed by atoms with E-state index in [2.05, 4.69) is 28.0 Å². The third-order valence-electron chi connectivity index (χ3n) is 5.78. The third-order valence-corrected chi connectivity index (χ3v) is 6.03. The molecule has 0 aromatic heterocycles. The second-order valence-electron chi connectivity index (χ2n) is 8.13. The number of hydrogen-bond donors (Lipinski definition) is 4. The summed E-state index contributed by atoms with van der Waals surface area (Å²) < 4.78 is 5.87. The number of nitrogens with one attached hydrogen (secondary N) is 3. The predicted octanol–water partition coefficient (Wildman–Crippen LogP) is 2.43. The quantitative estimate of drug-likeness (QED) is 0.441. The minimum absolute atomic E-state index is 0.00795. The largest absolute Gasteiger partial charge is 0.493 e. The first-order chi connectivity index (χ1) is 16.0. The average Bonchev–Trinajstić information content (AvgIpc) is 3.12. The van der Waals surface area contributed by atoms with Crippen molar-refractivity contribution in [2.75, 3.05) is 24.7 Å². The monoisotopic (exact) mass is 471 g/mol. The molecule has 176 valence electrons. The second kappa shape index (κ2) is 10.5. The lowest BCUT2D eigenvalue weighted by molar-refractivity contribution is -0.121. The Balaban J connectivity index is 1.82. The standard InChI is InChI=1S/C24H30ClN5O3/c1-3-26-22(32)14-20-24-29-28-15(2)30(24)21-10-9-18(33-12-4-11-31)13-19(21)23(27-20)16-5-7-17(25)8-6-16/h5-10,13,15,20,24,28-29,31H,3-4,11-12,14H2,1-2H3,(H,26,32). The Morgan fingerprint density at radius 1 is 1.24 bits per heavy atom. The minimum atomic E-state index is -0.328. The van der Waals surface area contributed by atoms with Crippen molar-refractivity contribution < 1.29 is 14.6 Å². The second-order valence-corrected chi connectivity index (χ2v) is 8.57. The van der Waals surface area contributed by atoms with Gasteiger partial charge in [-0.25, -0.2) is 10.9 Å². The van der Waals surface area contributed by atoms with E-state index in [-0.39, 0.29) is 37.3 Å². The van der Waals surface area contributed by atoms with Crippen LogP contribution in [0.1, 0.15) is 37.8 Å². The number of rotatable bonds is 8. The first-order valence-corrected chi connectivity index (χ1v) is 11.7. The molecule has 2 aliphatic rings. The summed E-state index contributed by atoms with van der Waals surface area (Å²) in [6.07, 6.45) is 0.600. The maximum Gasteiger partial charge on any atom is 0.222 e. The van der Waals surface area contributed by atoms with Crippen molar-refractivity contribution in [3.63, 3.8) is 0 Å². The summed E-state index contributed by atoms with van der Waals surface area (Å²) in [5, 5.41) is 12.6. The van der Waals surface area contributed by atoms with Gasteiger partial charge in [-0.2, -0.15) is 0 Å². The van der Waals surface area contributed by atoms with Crippen molar-refractivity contribution in [2.45, 2.75) is 45.1 Å². The number of aliphatic imine (C=N–C) groups is 1. The van der Waals surface area contributed by atoms with E-state index in [0.717, 1.165) is 22.5 Å². The van der Waals surface area contributed by atoms with E-state index in [4.69, 9.17) is 26.4 Å². The van der Waals surface area contributed by atoms with Crippen molar-refractivity contribution >= 4 is 28.9 Å². The fraction of sp³-hybridized carbons (Fsp3) is 0.417. The third kappa shape index (κ3) is 5.14. The number of amides is 1. The van der Waals surface area contributed by atoms with E-state index >= 15 is 0 Å². The van der Waals surface area contributed by atoms with Gasteiger partial charge in [-0.05, 0) is 44.2 Å². The van der Waals surface area contributed by atoms with Crippen LogP contribution in [0.2, 0.25) is 5.02 Å². The number of carbonyl (C=O) groups is 1. The van der Waals surface area contributed by atoms with Crippen LogP contribution in [0.3, 0.4) is 0 Å². The fourth-order valence-electron chi connectivity index (χ4n) is 4.26. The highest BCUT2D eigenvalue weighted by molar-refractivity contribution is 6.30. The highest BCUT2D eigenvalue weighted by Crippen LogP contribution is 2.36. The van der Waals surface area contributed by atoms with Crippen molar-refractivity contribution in [1.82, 2.24) is 16.2 Å². The molecule has 2 aliphatic heterocycles. The van der Waals surface area contributed by atoms with Gasteiger partial charge in [0.05, 0.1) is 30.9 Å². The zero-order valence-electron chi connectivity index (χ0n) is 18.8. The molecule has 0 radical (unpaired) electrons. The topological polar surface area (TPSA) is 98.2 Å². The van der Waals surface area contributed by atoms with Gasteiger partial charge in [-0.3, -0.25) is 9.79 Å². The predicted molar refractivity (Wildman–Crippen MR) is 130 cm³/mol. The van der Waals surface area contributed by atoms with Crippen molar-refractivity contribution in [2.24, 2.45) is 4.99 Å². The normalized spacial score (nSPS) is 21.6. The van der Waals surface area contributed by atoms with Gasteiger partial charge in [0.2, 0.25) is 5.91 Å². The molecule has 4 rings (SSSR count). The molecular formula is C24H30ClN5O3. The summed E-state index contributed by atoms with van der Waals surface area (Å²) in [7, 11) is 0. The van der Waals surface area contributed by atoms with E-state index < -0.39 is 0 Å². The van der Waals surface area contributed by atoms with E-state index in [1.165, 1.54) is 0 Å². The number of ether oxygens (including phenoxy) is 1. The molecule has 4 N–H and O–H groups in total. The number of hydrogen-bond acceptors (Lipinski definition) is 7. The molecular weight excluding hydrogens is 442 g/mol. The van der Waals surface area contributed by atoms with Crippen LogP contribution in [-0.4, -0.2) is 54.9 Å². The van der Waals surface area contributed by atoms with Crippen molar-refractivity contribution in [3.05, 3.63) is 58.6 Å². The number of hydrazine groups is 1. The van der Waals surface area contributed by atoms with E-state index in [0.29, 0.717) is 30.3 Å². The smallest absolute Gasteiger partial charge is 0.222 e. The molecule has 0 aliphatic carbocycles. The molecule has 1 saturated heterocycles. The summed E-state index contributed by atoms with van der Waals surface area (Å²) in [6, 6.07) is 13.2. The molecule has 0 spiro atoms. The van der Waals surface area contributed by atoms with Crippen molar-refractivity contribution in [1.29, 1.82) is 0 Å². The van der Waals surface area contributed by atoms with Gasteiger partial charge >= 0.3 is 0 Å². The highest BCUT2D eigenvalue weighted by Gasteiger charge is 2.40. The van der Waals surface area contributed by atoms with Crippen molar-refractivity contribution in [3.8, 4) is 5.75 Å². The molecule has 3 atom stereocenters. The minimum Gasteiger partial charge on any atom is -0.493 e. The van der Waals surface area contributed by atoms with Gasteiger partial charge in [-0.15, -0.1) is 0 Å². The van der Waals surface area contributed by atoms with Gasteiger partial charge in [-0.1, -0.05) is 23.7 Å². The van der Waals surface area contributed by atoms with Crippen LogP contribution in [0.5, 0.6) is 5.75 Å². The number of anilines is 1. The maximum atomic E-state index is 12.6. The van der Waals surface area contributed by atoms with Gasteiger partial charge in [0.15, 0.2) is 0 Å². The van der Waals surface area contributed by atoms with E-state index in [1.807, 2.05) is 49.4 Å². The van der Waals surface area contributed by atoms with Gasteiger partial charge in [0, 0.05) is 41.4 Å². The van der Waals surface area contributed by atoms with Crippen LogP contribution in [-0.2, 0) is 4.79 Å². The molecule has 9 heteroatoms. The molecule has 33 heavy (non-hydrogen) atoms. The van der Waals surface area contributed by atoms with Gasteiger partial charge in [0.1, 0.15) is 11.9 Å². The summed E-state index contributed by atoms with van der Waals surface area (Å²) >= 11 is 6.15. The number of halogens is 1. The summed E-state index contributed by atoms with van der Waals surface area (Å²) in [5.74, 6) is 0.664. The lowest BCUT2D eigenvalue weighted by Crippen LogP contribution is -2.47. The number of nitrogens with zero attached hydrogens (tertiary/aromatic N) is 2. The Morgan fingerprint density at radius 3 is 2.76 bits per heavy atom. The van der Waals surface area contributed by atoms with Crippen LogP contribution < -0.4 is 25.8 Å². The molecule has 2 aromatic carbocycles. The van der Waals surface area contributed by atoms with Crippen LogP contribution in [0.4, 0.5) is 5.69 Å². The number of aliphatic hydroxyl groups excluding tert-OH is 1. The van der Waals surface area contributed by atoms with E-state index in [9.17, 15) is 4.79 Å². The summed E-state index contributed by atoms with van der Waals surface area (Å²) in [5.41, 5.74) is 10.2. The number of benzene rings is 2. The molecule has 2 aromatic rings. The lowest BCUT2D eigenvalue weighted by Gasteiger charge is -2.31. The number of fused-ring (bicyclic) bond motifs is 3. The van der Waals surface area contributed by atoms with Crippen LogP contribution in [0, 0.1) is 0 Å². The molecule has 1 amide bonds. The average molecular weight is 472 g/mol. The Bertz CT molecular complexity index is 1010. The van der Waals surface area contributed by atoms with Crippen LogP contribution in [0.25, 0.3) is 0 Å². The lowest BCUT2D eigenvalue weighted by atomic mass is 9.99. The fourth-order valence-corrected chi connectivity index (χ4v) is 4.39. The SMILES string of the molecule is CCNC(=O)CC1N=C(c2ccc(Cl)cc2)c2cc(OCCCO)ccc2N2C(C)NNC12. The molecule has 1 fully saturated rings. The van der Waals surface area contributed by atoms with Crippen LogP contribution >= 0.6 is 11.6 Å². The maximum absolute atomic E-state index is 12.6. The number of carbonyl (C=O) groups excluding carboxylic acids is 1. The summed E-state index contributed by atoms with van der Waals surface area (Å²) in [6.45, 7) is 5.05. The Morgan fingerprint density at radius 2 is 2.03 bits per heavy atom. The Kier molecular flexibility index (Phi) is 7.49. The van der Waals surface area contributed by atoms with Gasteiger partial charge in [0.25, 0.3) is 0 Å². The zero-order valence-corrected chi connectivity index (χ0v) is 19.6. The first kappa shape index (κ1) is 23.5. The van der Waals surface area contributed by atoms with E-state index in [1.54, 1.807) is 0 Å². The molecule has 0 bridgehead atoms. The Hall–Kier alpha value is -2.65. The molecule has 0 saturated carbocycles. The number of aliphatic hydroxyl groups is 1. The first-order valence-electron chi connectivity index (χ1n) is 11.3. The Labute approximate surface area is 199 Å². The molecule has 8 nitrogen and oxygen atoms in total.